The lowest BCUT2D eigenvalue weighted by molar-refractivity contribution is 0.102. The highest BCUT2D eigenvalue weighted by Gasteiger charge is 2.13. The van der Waals surface area contributed by atoms with Crippen molar-refractivity contribution >= 4 is 22.6 Å². The van der Waals surface area contributed by atoms with Crippen molar-refractivity contribution in [2.45, 2.75) is 33.3 Å². The number of hydrogen-bond acceptors (Lipinski definition) is 5. The molecule has 7 nitrogen and oxygen atoms in total. The molecule has 0 bridgehead atoms. The Hall–Kier alpha value is -3.87. The number of aryl methyl sites for hydroxylation is 1. The monoisotopic (exact) mass is 430 g/mol. The Labute approximate surface area is 187 Å². The molecule has 0 aliphatic rings. The lowest BCUT2D eigenvalue weighted by Crippen LogP contribution is -2.14. The molecule has 0 fully saturated rings. The first-order chi connectivity index (χ1) is 15.5. The van der Waals surface area contributed by atoms with Crippen LogP contribution in [0.5, 0.6) is 11.5 Å². The predicted molar refractivity (Wildman–Crippen MR) is 125 cm³/mol. The number of nitrogens with zero attached hydrogens (tertiary/aromatic N) is 3. The summed E-state index contributed by atoms with van der Waals surface area (Å²) in [6, 6.07) is 18.5. The highest BCUT2D eigenvalue weighted by molar-refractivity contribution is 6.05. The first-order valence-electron chi connectivity index (χ1n) is 10.6. The van der Waals surface area contributed by atoms with Gasteiger partial charge in [0.05, 0.1) is 18.9 Å². The molecule has 0 aliphatic carbocycles. The normalized spacial score (nSPS) is 11.9. The van der Waals surface area contributed by atoms with Gasteiger partial charge in [0.15, 0.2) is 0 Å². The molecule has 1 amide bonds. The number of aromatic nitrogens is 3. The fourth-order valence-electron chi connectivity index (χ4n) is 3.25. The van der Waals surface area contributed by atoms with Crippen molar-refractivity contribution in [3.63, 3.8) is 0 Å². The van der Waals surface area contributed by atoms with Crippen molar-refractivity contribution < 1.29 is 14.3 Å². The summed E-state index contributed by atoms with van der Waals surface area (Å²) in [5.74, 6) is 1.25. The molecule has 7 heteroatoms. The summed E-state index contributed by atoms with van der Waals surface area (Å²) in [6.45, 7) is 6.00. The Morgan fingerprint density at radius 3 is 2.44 bits per heavy atom. The summed E-state index contributed by atoms with van der Waals surface area (Å²) in [5, 5.41) is 12.1. The van der Waals surface area contributed by atoms with E-state index in [0.29, 0.717) is 22.5 Å². The summed E-state index contributed by atoms with van der Waals surface area (Å²) in [6.07, 6.45) is 0.985. The average molecular weight is 431 g/mol. The molecule has 1 atom stereocenters. The lowest BCUT2D eigenvalue weighted by atomic mass is 10.1. The second-order valence-electron chi connectivity index (χ2n) is 7.66. The summed E-state index contributed by atoms with van der Waals surface area (Å²) in [4.78, 5) is 14.5. The fourth-order valence-corrected chi connectivity index (χ4v) is 3.25. The molecule has 4 rings (SSSR count). The molecule has 0 aliphatic heterocycles. The van der Waals surface area contributed by atoms with Crippen LogP contribution < -0.4 is 14.8 Å². The van der Waals surface area contributed by atoms with E-state index in [1.807, 2.05) is 62.4 Å². The number of hydrogen-bond donors (Lipinski definition) is 1. The van der Waals surface area contributed by atoms with Crippen LogP contribution in [0.3, 0.4) is 0 Å². The highest BCUT2D eigenvalue weighted by Crippen LogP contribution is 2.24. The van der Waals surface area contributed by atoms with Crippen molar-refractivity contribution in [1.29, 1.82) is 0 Å². The first-order valence-corrected chi connectivity index (χ1v) is 10.6. The third kappa shape index (κ3) is 4.56. The van der Waals surface area contributed by atoms with Gasteiger partial charge in [0.1, 0.15) is 22.5 Å². The van der Waals surface area contributed by atoms with E-state index >= 15 is 0 Å². The van der Waals surface area contributed by atoms with Crippen molar-refractivity contribution in [2.24, 2.45) is 0 Å². The van der Waals surface area contributed by atoms with Crippen LogP contribution in [0, 0.1) is 6.92 Å². The number of nitrogens with one attached hydrogen (secondary N) is 1. The Morgan fingerprint density at radius 2 is 1.75 bits per heavy atom. The molecule has 0 unspecified atom stereocenters. The largest absolute Gasteiger partial charge is 0.497 e. The predicted octanol–water partition coefficient (Wildman–Crippen LogP) is 5.17. The standard InChI is InChI=1S/C25H26N4O3/c1-5-17(3)32-21-8-6-7-18(14-21)25(30)26-22-15-24-23(13-16(22)2)27-29(28-24)19-9-11-20(31-4)12-10-19/h6-15,17H,5H2,1-4H3,(H,26,30)/t17-/m0/s1. The maximum Gasteiger partial charge on any atom is 0.255 e. The topological polar surface area (TPSA) is 78.3 Å². The number of carbonyl (C=O) groups is 1. The number of benzene rings is 3. The summed E-state index contributed by atoms with van der Waals surface area (Å²) in [7, 11) is 1.63. The molecule has 0 saturated carbocycles. The van der Waals surface area contributed by atoms with Crippen molar-refractivity contribution in [3.8, 4) is 17.2 Å². The lowest BCUT2D eigenvalue weighted by Gasteiger charge is -2.13. The van der Waals surface area contributed by atoms with Gasteiger partial charge in [0.25, 0.3) is 5.91 Å². The third-order valence-corrected chi connectivity index (χ3v) is 5.29. The van der Waals surface area contributed by atoms with Crippen molar-refractivity contribution in [1.82, 2.24) is 15.0 Å². The molecule has 164 valence electrons. The van der Waals surface area contributed by atoms with Crippen LogP contribution >= 0.6 is 0 Å². The third-order valence-electron chi connectivity index (χ3n) is 5.29. The Balaban J connectivity index is 1.57. The van der Waals surface area contributed by atoms with Crippen LogP contribution in [0.15, 0.2) is 60.7 Å². The van der Waals surface area contributed by atoms with Gasteiger partial charge in [-0.05, 0) is 80.4 Å². The minimum atomic E-state index is -0.204. The molecule has 1 aromatic heterocycles. The van der Waals surface area contributed by atoms with E-state index in [2.05, 4.69) is 22.4 Å². The average Bonchev–Trinajstić information content (AvgIpc) is 3.22. The van der Waals surface area contributed by atoms with Crippen LogP contribution in [0.4, 0.5) is 5.69 Å². The molecule has 4 aromatic rings. The number of carbonyl (C=O) groups excluding carboxylic acids is 1. The van der Waals surface area contributed by atoms with E-state index < -0.39 is 0 Å². The number of amides is 1. The minimum absolute atomic E-state index is 0.0891. The van der Waals surface area contributed by atoms with Crippen LogP contribution in [-0.2, 0) is 0 Å². The van der Waals surface area contributed by atoms with Gasteiger partial charge in [-0.2, -0.15) is 4.80 Å². The van der Waals surface area contributed by atoms with Gasteiger partial charge in [-0.1, -0.05) is 13.0 Å². The first kappa shape index (κ1) is 21.4. The number of rotatable bonds is 7. The number of methoxy groups -OCH3 is 1. The molecular weight excluding hydrogens is 404 g/mol. The van der Waals surface area contributed by atoms with E-state index in [9.17, 15) is 4.79 Å². The maximum absolute atomic E-state index is 12.9. The zero-order valence-corrected chi connectivity index (χ0v) is 18.6. The van der Waals surface area contributed by atoms with Crippen molar-refractivity contribution in [3.05, 3.63) is 71.8 Å². The Bertz CT molecular complexity index is 1250. The molecule has 0 radical (unpaired) electrons. The van der Waals surface area contributed by atoms with Gasteiger partial charge < -0.3 is 14.8 Å². The molecule has 0 saturated heterocycles. The smallest absolute Gasteiger partial charge is 0.255 e. The Morgan fingerprint density at radius 1 is 1.03 bits per heavy atom. The zero-order valence-electron chi connectivity index (χ0n) is 18.6. The van der Waals surface area contributed by atoms with Crippen molar-refractivity contribution in [2.75, 3.05) is 12.4 Å². The quantitative estimate of drug-likeness (QED) is 0.438. The molecule has 3 aromatic carbocycles. The fraction of sp³-hybridized carbons (Fsp3) is 0.240. The summed E-state index contributed by atoms with van der Waals surface area (Å²) < 4.78 is 11.0. The molecule has 0 spiro atoms. The van der Waals surface area contributed by atoms with Crippen LogP contribution in [-0.4, -0.2) is 34.1 Å². The number of fused-ring (bicyclic) bond motifs is 1. The van der Waals surface area contributed by atoms with E-state index in [4.69, 9.17) is 9.47 Å². The van der Waals surface area contributed by atoms with E-state index in [1.54, 1.807) is 24.0 Å². The van der Waals surface area contributed by atoms with Gasteiger partial charge in [0.2, 0.25) is 0 Å². The van der Waals surface area contributed by atoms with Crippen LogP contribution in [0.25, 0.3) is 16.7 Å². The number of anilines is 1. The molecule has 32 heavy (non-hydrogen) atoms. The molecular formula is C25H26N4O3. The van der Waals surface area contributed by atoms with Gasteiger partial charge in [-0.15, -0.1) is 10.2 Å². The summed E-state index contributed by atoms with van der Waals surface area (Å²) in [5.41, 5.74) is 4.39. The second-order valence-corrected chi connectivity index (χ2v) is 7.66. The van der Waals surface area contributed by atoms with Gasteiger partial charge >= 0.3 is 0 Å². The van der Waals surface area contributed by atoms with E-state index in [-0.39, 0.29) is 12.0 Å². The van der Waals surface area contributed by atoms with Gasteiger partial charge in [0, 0.05) is 11.3 Å². The zero-order chi connectivity index (χ0) is 22.7. The van der Waals surface area contributed by atoms with Gasteiger partial charge in [-0.25, -0.2) is 0 Å². The SMILES string of the molecule is CC[C@H](C)Oc1cccc(C(=O)Nc2cc3nn(-c4ccc(OC)cc4)nc3cc2C)c1. The van der Waals surface area contributed by atoms with E-state index in [1.165, 1.54) is 0 Å². The highest BCUT2D eigenvalue weighted by atomic mass is 16.5. The number of ether oxygens (including phenoxy) is 2. The maximum atomic E-state index is 12.9. The Kier molecular flexibility index (Phi) is 6.07. The van der Waals surface area contributed by atoms with E-state index in [0.717, 1.165) is 28.9 Å². The van der Waals surface area contributed by atoms with Crippen LogP contribution in [0.1, 0.15) is 36.2 Å². The second kappa shape index (κ2) is 9.09. The van der Waals surface area contributed by atoms with Crippen LogP contribution in [0.2, 0.25) is 0 Å². The minimum Gasteiger partial charge on any atom is -0.497 e. The molecule has 1 heterocycles. The molecule has 1 N–H and O–H groups in total. The summed E-state index contributed by atoms with van der Waals surface area (Å²) >= 11 is 0. The van der Waals surface area contributed by atoms with Gasteiger partial charge in [-0.3, -0.25) is 4.79 Å².